The van der Waals surface area contributed by atoms with Crippen molar-refractivity contribution in [2.45, 2.75) is 21.8 Å². The second kappa shape index (κ2) is 3.76. The molecule has 0 spiro atoms. The Kier molecular flexibility index (Phi) is 3.59. The summed E-state index contributed by atoms with van der Waals surface area (Å²) in [6.45, 7) is 0. The van der Waals surface area contributed by atoms with Crippen LogP contribution in [0.2, 0.25) is 21.8 Å². The van der Waals surface area contributed by atoms with Gasteiger partial charge in [-0.05, 0) is 0 Å². The van der Waals surface area contributed by atoms with Gasteiger partial charge in [0.1, 0.15) is 0 Å². The summed E-state index contributed by atoms with van der Waals surface area (Å²) in [5.41, 5.74) is 3.58. The van der Waals surface area contributed by atoms with Crippen LogP contribution in [0.25, 0.3) is 0 Å². The van der Waals surface area contributed by atoms with Crippen LogP contribution in [0, 0.1) is 0 Å². The Morgan fingerprint density at radius 2 is 1.36 bits per heavy atom. The molecule has 0 amide bonds. The first-order valence-electron chi connectivity index (χ1n) is 3.09. The standard InChI is InChI=1S/C6H12AsO4/c1-7(2,3-5(8)9)4-6(10)11/h3-4H2,1-2H3,(H,8,9)(H,10,11). The molecule has 0 rings (SSSR count). The van der Waals surface area contributed by atoms with Crippen LogP contribution in [0.4, 0.5) is 0 Å². The van der Waals surface area contributed by atoms with Crippen molar-refractivity contribution in [1.29, 1.82) is 0 Å². The van der Waals surface area contributed by atoms with Crippen molar-refractivity contribution < 1.29 is 19.8 Å². The SMILES string of the molecule is C[As](C)(CC(=O)O)CC(=O)O. The molecule has 0 aromatic heterocycles. The zero-order chi connectivity index (χ0) is 9.07. The molecule has 0 unspecified atom stereocenters. The van der Waals surface area contributed by atoms with Crippen LogP contribution >= 0.6 is 0 Å². The minimum atomic E-state index is -2.35. The number of carboxylic acid groups (broad SMARTS) is 2. The molecule has 0 saturated heterocycles. The molecule has 65 valence electrons. The molecular formula is C6H12AsO4. The van der Waals surface area contributed by atoms with Crippen molar-refractivity contribution in [3.05, 3.63) is 0 Å². The number of aliphatic carboxylic acids is 2. The Bertz CT molecular complexity index is 157. The van der Waals surface area contributed by atoms with Crippen LogP contribution in [-0.2, 0) is 9.59 Å². The van der Waals surface area contributed by atoms with Crippen LogP contribution in [0.1, 0.15) is 0 Å². The summed E-state index contributed by atoms with van der Waals surface area (Å²) in [6, 6.07) is 0. The van der Waals surface area contributed by atoms with E-state index < -0.39 is 25.5 Å². The monoisotopic (exact) mass is 223 g/mol. The first kappa shape index (κ1) is 10.5. The van der Waals surface area contributed by atoms with Crippen molar-refractivity contribution in [2.75, 3.05) is 0 Å². The number of carbonyl (C=O) groups is 2. The van der Waals surface area contributed by atoms with Gasteiger partial charge in [-0.1, -0.05) is 0 Å². The molecule has 11 heavy (non-hydrogen) atoms. The molecule has 0 saturated carbocycles. The number of hydrogen-bond acceptors (Lipinski definition) is 2. The van der Waals surface area contributed by atoms with Gasteiger partial charge in [0.2, 0.25) is 0 Å². The summed E-state index contributed by atoms with van der Waals surface area (Å²) in [4.78, 5) is 20.5. The van der Waals surface area contributed by atoms with E-state index in [1.54, 1.807) is 11.4 Å². The van der Waals surface area contributed by atoms with E-state index in [1.165, 1.54) is 0 Å². The zero-order valence-electron chi connectivity index (χ0n) is 6.57. The molecule has 0 aromatic carbocycles. The molecule has 2 N–H and O–H groups in total. The summed E-state index contributed by atoms with van der Waals surface area (Å²) in [6.07, 6.45) is 0. The van der Waals surface area contributed by atoms with Crippen LogP contribution in [0.5, 0.6) is 0 Å². The average Bonchev–Trinajstić information content (AvgIpc) is 1.53. The third-order valence-electron chi connectivity index (χ3n) is 1.13. The van der Waals surface area contributed by atoms with Gasteiger partial charge >= 0.3 is 67.1 Å². The topological polar surface area (TPSA) is 74.6 Å². The van der Waals surface area contributed by atoms with Gasteiger partial charge in [0.25, 0.3) is 0 Å². The van der Waals surface area contributed by atoms with E-state index in [9.17, 15) is 9.59 Å². The first-order valence-corrected chi connectivity index (χ1v) is 9.50. The van der Waals surface area contributed by atoms with E-state index in [0.717, 1.165) is 0 Å². The summed E-state index contributed by atoms with van der Waals surface area (Å²) in [5, 5.41) is 16.9. The fraction of sp³-hybridized carbons (Fsp3) is 0.667. The third kappa shape index (κ3) is 5.92. The Labute approximate surface area is 67.7 Å². The fourth-order valence-corrected chi connectivity index (χ4v) is 4.10. The molecule has 0 heterocycles. The number of hydrogen-bond donors (Lipinski definition) is 2. The van der Waals surface area contributed by atoms with Gasteiger partial charge < -0.3 is 0 Å². The van der Waals surface area contributed by atoms with E-state index in [2.05, 4.69) is 0 Å². The Hall–Kier alpha value is -0.502. The van der Waals surface area contributed by atoms with Crippen molar-refractivity contribution in [3.8, 4) is 0 Å². The molecule has 0 aromatic rings. The third-order valence-corrected chi connectivity index (χ3v) is 5.85. The predicted molar refractivity (Wildman–Crippen MR) is 42.4 cm³/mol. The van der Waals surface area contributed by atoms with Gasteiger partial charge in [0.15, 0.2) is 0 Å². The molecule has 0 bridgehead atoms. The van der Waals surface area contributed by atoms with E-state index in [4.69, 9.17) is 10.2 Å². The molecule has 0 atom stereocenters. The van der Waals surface area contributed by atoms with Crippen LogP contribution in [-0.4, -0.2) is 35.7 Å². The van der Waals surface area contributed by atoms with Gasteiger partial charge in [-0.15, -0.1) is 0 Å². The quantitative estimate of drug-likeness (QED) is 0.693. The maximum atomic E-state index is 10.2. The van der Waals surface area contributed by atoms with E-state index >= 15 is 0 Å². The first-order chi connectivity index (χ1) is 4.83. The molecular weight excluding hydrogens is 211 g/mol. The summed E-state index contributed by atoms with van der Waals surface area (Å²) < 4.78 is 0. The van der Waals surface area contributed by atoms with Crippen molar-refractivity contribution >= 4 is 25.5 Å². The van der Waals surface area contributed by atoms with Crippen LogP contribution < -0.4 is 0 Å². The predicted octanol–water partition coefficient (Wildman–Crippen LogP) is 0.864. The molecule has 1 radical (unpaired) electrons. The van der Waals surface area contributed by atoms with Crippen molar-refractivity contribution in [3.63, 3.8) is 0 Å². The van der Waals surface area contributed by atoms with Gasteiger partial charge in [-0.3, -0.25) is 0 Å². The van der Waals surface area contributed by atoms with Gasteiger partial charge in [0.05, 0.1) is 0 Å². The average molecular weight is 223 g/mol. The molecule has 0 aliphatic rings. The van der Waals surface area contributed by atoms with Gasteiger partial charge in [-0.25, -0.2) is 0 Å². The molecule has 0 fully saturated rings. The van der Waals surface area contributed by atoms with E-state index in [0.29, 0.717) is 0 Å². The minimum absolute atomic E-state index is 0.0601. The van der Waals surface area contributed by atoms with Gasteiger partial charge in [-0.2, -0.15) is 0 Å². The Morgan fingerprint density at radius 1 is 1.09 bits per heavy atom. The van der Waals surface area contributed by atoms with E-state index in [1.807, 2.05) is 0 Å². The van der Waals surface area contributed by atoms with Gasteiger partial charge in [0, 0.05) is 0 Å². The second-order valence-corrected chi connectivity index (χ2v) is 12.5. The van der Waals surface area contributed by atoms with Crippen molar-refractivity contribution in [1.82, 2.24) is 0 Å². The molecule has 0 aliphatic carbocycles. The summed E-state index contributed by atoms with van der Waals surface area (Å²) in [7, 11) is 0. The summed E-state index contributed by atoms with van der Waals surface area (Å²) in [5.74, 6) is -1.77. The molecule has 0 aliphatic heterocycles. The molecule has 5 heteroatoms. The zero-order valence-corrected chi connectivity index (χ0v) is 8.45. The number of carboxylic acids is 2. The van der Waals surface area contributed by atoms with E-state index in [-0.39, 0.29) is 10.4 Å². The maximum absolute atomic E-state index is 10.2. The normalized spacial score (nSPS) is 11.1. The second-order valence-electron chi connectivity index (χ2n) is 3.04. The molecule has 4 nitrogen and oxygen atoms in total. The summed E-state index contributed by atoms with van der Waals surface area (Å²) >= 11 is -2.35. The number of rotatable bonds is 4. The fourth-order valence-electron chi connectivity index (χ4n) is 0.788. The Balaban J connectivity index is 3.99. The van der Waals surface area contributed by atoms with Crippen LogP contribution in [0.3, 0.4) is 0 Å². The van der Waals surface area contributed by atoms with Crippen molar-refractivity contribution in [2.24, 2.45) is 0 Å². The van der Waals surface area contributed by atoms with Crippen LogP contribution in [0.15, 0.2) is 0 Å². The Morgan fingerprint density at radius 3 is 1.55 bits per heavy atom.